The van der Waals surface area contributed by atoms with Gasteiger partial charge in [-0.05, 0) is 82.8 Å². The van der Waals surface area contributed by atoms with Crippen molar-refractivity contribution in [3.05, 3.63) is 191 Å². The van der Waals surface area contributed by atoms with Crippen LogP contribution in [0.2, 0.25) is 0 Å². The van der Waals surface area contributed by atoms with Gasteiger partial charge in [0.2, 0.25) is 18.6 Å². The number of anilines is 1. The van der Waals surface area contributed by atoms with Crippen LogP contribution in [-0.2, 0) is 50.1 Å². The number of ether oxygens (including phenoxy) is 6. The van der Waals surface area contributed by atoms with Crippen molar-refractivity contribution in [2.24, 2.45) is 11.8 Å². The molecular weight excluding hydrogens is 1050 g/mol. The Morgan fingerprint density at radius 2 is 1.41 bits per heavy atom. The van der Waals surface area contributed by atoms with Gasteiger partial charge in [-0.15, -0.1) is 0 Å². The second-order valence-electron chi connectivity index (χ2n) is 20.8. The van der Waals surface area contributed by atoms with E-state index in [0.717, 1.165) is 30.2 Å². The molecule has 18 nitrogen and oxygen atoms in total. The summed E-state index contributed by atoms with van der Waals surface area (Å²) in [5.74, 6) is 1.03. The predicted octanol–water partition coefficient (Wildman–Crippen LogP) is 6.97. The number of benzene rings is 6. The fourth-order valence-electron chi connectivity index (χ4n) is 12.4. The van der Waals surface area contributed by atoms with E-state index < -0.39 is 83.3 Å². The first-order chi connectivity index (χ1) is 39.9. The summed E-state index contributed by atoms with van der Waals surface area (Å²) in [6.45, 7) is 3.43. The molecule has 2 N–H and O–H groups in total. The van der Waals surface area contributed by atoms with Crippen LogP contribution in [-0.4, -0.2) is 122 Å². The molecule has 0 aromatic heterocycles. The molecule has 3 saturated heterocycles. The fraction of sp³-hybridized carbons (Fsp3) is 0.312. The lowest BCUT2D eigenvalue weighted by atomic mass is 9.64. The number of methoxy groups -OCH3 is 2. The number of urea groups is 1. The summed E-state index contributed by atoms with van der Waals surface area (Å²) in [6, 6.07) is 40.8. The second-order valence-corrected chi connectivity index (χ2v) is 20.8. The molecule has 1 spiro atoms. The highest BCUT2D eigenvalue weighted by molar-refractivity contribution is 6.24. The number of nitrogens with one attached hydrogen (secondary N) is 1. The van der Waals surface area contributed by atoms with Crippen molar-refractivity contribution in [2.75, 3.05) is 65.3 Å². The fourth-order valence-corrected chi connectivity index (χ4v) is 12.4. The summed E-state index contributed by atoms with van der Waals surface area (Å²) in [4.78, 5) is 97.6. The van der Waals surface area contributed by atoms with Gasteiger partial charge in [0.25, 0.3) is 0 Å². The first-order valence-corrected chi connectivity index (χ1v) is 27.2. The van der Waals surface area contributed by atoms with Gasteiger partial charge in [-0.25, -0.2) is 9.69 Å². The lowest BCUT2D eigenvalue weighted by Crippen LogP contribution is -2.59. The topological polar surface area (TPSA) is 203 Å². The van der Waals surface area contributed by atoms with Crippen LogP contribution in [0.25, 0.3) is 0 Å². The quantitative estimate of drug-likeness (QED) is 0.0490. The largest absolute Gasteiger partial charge is 0.491 e. The van der Waals surface area contributed by atoms with E-state index in [1.165, 1.54) is 0 Å². The molecular formula is C64H61N5O13. The maximum Gasteiger partial charge on any atom is 0.329 e. The molecule has 420 valence electrons. The molecule has 18 heteroatoms. The van der Waals surface area contributed by atoms with Gasteiger partial charge < -0.3 is 43.7 Å². The molecule has 11 rings (SSSR count). The van der Waals surface area contributed by atoms with E-state index in [0.29, 0.717) is 59.1 Å². The normalized spacial score (nSPS) is 22.1. The van der Waals surface area contributed by atoms with Gasteiger partial charge in [-0.1, -0.05) is 121 Å². The van der Waals surface area contributed by atoms with Crippen LogP contribution in [0.5, 0.6) is 17.2 Å². The van der Waals surface area contributed by atoms with Crippen LogP contribution in [0.3, 0.4) is 0 Å². The predicted molar refractivity (Wildman–Crippen MR) is 298 cm³/mol. The lowest BCUT2D eigenvalue weighted by molar-refractivity contribution is -0.179. The first-order valence-electron chi connectivity index (χ1n) is 27.2. The highest BCUT2D eigenvalue weighted by Crippen LogP contribution is 2.66. The van der Waals surface area contributed by atoms with Gasteiger partial charge in [-0.2, -0.15) is 0 Å². The Labute approximate surface area is 474 Å². The third-order valence-electron chi connectivity index (χ3n) is 16.1. The van der Waals surface area contributed by atoms with Gasteiger partial charge in [0.15, 0.2) is 17.4 Å². The maximum atomic E-state index is 17.1. The average Bonchev–Trinajstić information content (AvgIpc) is 1.61. The lowest BCUT2D eigenvalue weighted by Gasteiger charge is -2.46. The minimum atomic E-state index is -2.14. The number of imide groups is 1. The Morgan fingerprint density at radius 1 is 0.744 bits per heavy atom. The summed E-state index contributed by atoms with van der Waals surface area (Å²) in [5.41, 5.74) is 2.12. The van der Waals surface area contributed by atoms with E-state index in [1.807, 2.05) is 120 Å². The molecule has 0 unspecified atom stereocenters. The second kappa shape index (κ2) is 23.6. The zero-order chi connectivity index (χ0) is 57.1. The summed E-state index contributed by atoms with van der Waals surface area (Å²) in [7, 11) is 2.31. The summed E-state index contributed by atoms with van der Waals surface area (Å²) < 4.78 is 33.9. The number of carbonyl (C=O) groups is 6. The van der Waals surface area contributed by atoms with Gasteiger partial charge in [-0.3, -0.25) is 33.8 Å². The van der Waals surface area contributed by atoms with Crippen LogP contribution < -0.4 is 24.4 Å². The van der Waals surface area contributed by atoms with Crippen LogP contribution in [0.15, 0.2) is 152 Å². The van der Waals surface area contributed by atoms with Crippen molar-refractivity contribution in [3.8, 4) is 29.1 Å². The number of aliphatic hydroxyl groups is 1. The average molecular weight is 1110 g/mol. The number of amides is 4. The molecule has 5 aliphatic heterocycles. The summed E-state index contributed by atoms with van der Waals surface area (Å²) >= 11 is 0. The third kappa shape index (κ3) is 10.2. The third-order valence-corrected chi connectivity index (χ3v) is 16.1. The van der Waals surface area contributed by atoms with Gasteiger partial charge >= 0.3 is 23.9 Å². The van der Waals surface area contributed by atoms with E-state index in [-0.39, 0.29) is 50.8 Å². The first kappa shape index (κ1) is 54.9. The van der Waals surface area contributed by atoms with Crippen molar-refractivity contribution in [2.45, 2.75) is 55.6 Å². The molecule has 0 aliphatic carbocycles. The number of fused-ring (bicyclic) bond motifs is 4. The zero-order valence-electron chi connectivity index (χ0n) is 45.5. The Morgan fingerprint density at radius 3 is 2.11 bits per heavy atom. The summed E-state index contributed by atoms with van der Waals surface area (Å²) in [6.07, 6.45) is -1.27. The van der Waals surface area contributed by atoms with Crippen molar-refractivity contribution in [1.29, 1.82) is 0 Å². The molecule has 3 fully saturated rings. The minimum Gasteiger partial charge on any atom is -0.491 e. The van der Waals surface area contributed by atoms with Gasteiger partial charge in [0.05, 0.1) is 50.6 Å². The van der Waals surface area contributed by atoms with E-state index in [2.05, 4.69) is 22.1 Å². The maximum absolute atomic E-state index is 17.1. The van der Waals surface area contributed by atoms with Crippen molar-refractivity contribution < 1.29 is 62.3 Å². The minimum absolute atomic E-state index is 0.0629. The molecule has 0 bridgehead atoms. The van der Waals surface area contributed by atoms with E-state index in [9.17, 15) is 14.7 Å². The molecule has 0 radical (unpaired) electrons. The monoisotopic (exact) mass is 1110 g/mol. The van der Waals surface area contributed by atoms with E-state index in [1.54, 1.807) is 48.2 Å². The number of cyclic esters (lactones) is 1. The van der Waals surface area contributed by atoms with Crippen LogP contribution >= 0.6 is 0 Å². The highest BCUT2D eigenvalue weighted by Gasteiger charge is 2.76. The number of hydrogen-bond acceptors (Lipinski definition) is 15. The number of morpholine rings is 1. The smallest absolute Gasteiger partial charge is 0.329 e. The van der Waals surface area contributed by atoms with Crippen LogP contribution in [0, 0.1) is 23.7 Å². The number of nitrogens with zero attached hydrogens (tertiary/aromatic N) is 4. The number of esters is 3. The zero-order valence-corrected chi connectivity index (χ0v) is 45.5. The number of aliphatic hydroxyl groups excluding tert-OH is 1. The molecule has 7 atom stereocenters. The van der Waals surface area contributed by atoms with Crippen LogP contribution in [0.4, 0.5) is 10.5 Å². The van der Waals surface area contributed by atoms with Gasteiger partial charge in [0.1, 0.15) is 29.9 Å². The Kier molecular flexibility index (Phi) is 15.8. The Bertz CT molecular complexity index is 3440. The van der Waals surface area contributed by atoms with Gasteiger partial charge in [0, 0.05) is 44.7 Å². The molecule has 82 heavy (non-hydrogen) atoms. The summed E-state index contributed by atoms with van der Waals surface area (Å²) in [5, 5.41) is 13.0. The van der Waals surface area contributed by atoms with E-state index >= 15 is 19.2 Å². The van der Waals surface area contributed by atoms with Crippen molar-refractivity contribution in [1.82, 2.24) is 20.0 Å². The molecule has 6 aromatic rings. The number of hydrogen-bond donors (Lipinski definition) is 2. The molecule has 0 saturated carbocycles. The van der Waals surface area contributed by atoms with E-state index in [4.69, 9.17) is 28.4 Å². The highest BCUT2D eigenvalue weighted by atomic mass is 16.7. The van der Waals surface area contributed by atoms with Crippen molar-refractivity contribution >= 4 is 41.4 Å². The number of piperazine rings is 1. The molecule has 4 amide bonds. The standard InChI is InChI=1S/C64H61N5O13/c1-40(43-16-7-4-8-17-43)65-63(76)68-50-27-25-41(15-13-24-48(59(72)77-2)60(73)78-3)35-49(50)64(62(68)75)53(58(71)67-31-29-66(30-32-67)38-42-26-28-51-52(36-42)81-39-80-51)55-61(74)82-56(45-20-11-6-12-21-45)54(44-18-9-5-10-19-44)69(55)57(64)46-22-14-23-47(37-46)79-34-33-70/h4-12,14,16-23,25-28,35-37,40,48,53-57,70H,24,29-34,38-39H2,1-3H3,(H,65,76)/t40-,53+,54+,55+,56-,57-,64+/m1/s1. The van der Waals surface area contributed by atoms with Crippen LogP contribution in [0.1, 0.15) is 76.5 Å². The van der Waals surface area contributed by atoms with Crippen molar-refractivity contribution in [3.63, 3.8) is 0 Å². The molecule has 5 aliphatic rings. The molecule has 6 aromatic carbocycles. The number of carbonyl (C=O) groups excluding carboxylic acids is 6. The number of rotatable bonds is 14. The SMILES string of the molecule is COC(=O)C(CC#Cc1ccc2c(c1)[C@]1(C(=O)N2C(=O)N[C@H](C)c2ccccc2)[C@H](C(=O)N2CCN(Cc3ccc4c(c3)OCO4)CC2)[C@H]2C(=O)O[C@H](c3ccccc3)[C@H](c3ccccc3)N2[C@@H]1c1cccc(OCCO)c1)C(=O)OC. The molecule has 5 heterocycles. The Balaban J connectivity index is 1.13. The Hall–Kier alpha value is -9.02.